The zero-order valence-electron chi connectivity index (χ0n) is 44.1. The van der Waals surface area contributed by atoms with Crippen LogP contribution in [0, 0.1) is 27.6 Å². The van der Waals surface area contributed by atoms with Crippen LogP contribution < -0.4 is 0 Å². The lowest BCUT2D eigenvalue weighted by molar-refractivity contribution is -0.255. The van der Waals surface area contributed by atoms with Gasteiger partial charge in [0.25, 0.3) is 0 Å². The molecule has 0 bridgehead atoms. The van der Waals surface area contributed by atoms with E-state index in [1.54, 1.807) is 0 Å². The fraction of sp³-hybridized carbons (Fsp3) is 0.983. The molecule has 2 unspecified atom stereocenters. The van der Waals surface area contributed by atoms with Crippen LogP contribution in [0.25, 0.3) is 0 Å². The topological polar surface area (TPSA) is 37.3 Å². The van der Waals surface area contributed by atoms with Gasteiger partial charge >= 0.3 is 5.97 Å². The zero-order valence-corrected chi connectivity index (χ0v) is 44.1. The van der Waals surface area contributed by atoms with Crippen LogP contribution in [0.3, 0.4) is 0 Å². The van der Waals surface area contributed by atoms with E-state index in [-0.39, 0.29) is 17.3 Å². The van der Waals surface area contributed by atoms with Gasteiger partial charge in [0.15, 0.2) is 0 Å². The highest BCUT2D eigenvalue weighted by Gasteiger charge is 2.74. The second-order valence-electron chi connectivity index (χ2n) is 21.0. The number of aliphatic carboxylic acids is 1. The third-order valence-electron chi connectivity index (χ3n) is 16.9. The summed E-state index contributed by atoms with van der Waals surface area (Å²) < 4.78 is 20.1. The van der Waals surface area contributed by atoms with Crippen molar-refractivity contribution >= 4 is 5.97 Å². The molecule has 0 aromatic rings. The number of hydrogen-bond donors (Lipinski definition) is 1. The molecule has 3 heteroatoms. The quantitative estimate of drug-likeness (QED) is 0.0619. The van der Waals surface area contributed by atoms with E-state index in [0.29, 0.717) is 12.3 Å². The van der Waals surface area contributed by atoms with E-state index in [0.717, 1.165) is 128 Å². The van der Waals surface area contributed by atoms with Crippen molar-refractivity contribution in [2.75, 3.05) is 0 Å². The molecule has 0 aliphatic rings. The van der Waals surface area contributed by atoms with Gasteiger partial charge in [0.1, 0.15) is 0 Å². The molecule has 2 nitrogen and oxygen atoms in total. The highest BCUT2D eigenvalue weighted by molar-refractivity contribution is 5.79. The SMILES string of the molecule is CCCCCC(C)C(CCCCC)(CCCCC)C(CCCCC)(CCCCC)C(CCCCC)(CCCCC)C(CCCCC)(CCCCC)C(F)(CCCCC)C(=O)O. The van der Waals surface area contributed by atoms with Gasteiger partial charge in [0, 0.05) is 5.41 Å². The van der Waals surface area contributed by atoms with E-state index in [2.05, 4.69) is 76.2 Å². The molecule has 0 aromatic heterocycles. The average Bonchev–Trinajstić information content (AvgIpc) is 3.24. The lowest BCUT2D eigenvalue weighted by Crippen LogP contribution is -2.69. The van der Waals surface area contributed by atoms with E-state index >= 15 is 4.39 Å². The van der Waals surface area contributed by atoms with Gasteiger partial charge < -0.3 is 5.11 Å². The minimum atomic E-state index is -2.26. The molecular weight excluding hydrogens is 748 g/mol. The molecule has 0 aliphatic heterocycles. The van der Waals surface area contributed by atoms with Crippen molar-refractivity contribution in [2.45, 2.75) is 339 Å². The minimum absolute atomic E-state index is 0.0363. The summed E-state index contributed by atoms with van der Waals surface area (Å²) in [7, 11) is 0. The maximum absolute atomic E-state index is 20.1. The van der Waals surface area contributed by atoms with E-state index in [1.807, 2.05) is 0 Å². The molecule has 0 spiro atoms. The zero-order chi connectivity index (χ0) is 45.9. The fourth-order valence-electron chi connectivity index (χ4n) is 13.7. The average molecular weight is 864 g/mol. The molecule has 0 aromatic carbocycles. The summed E-state index contributed by atoms with van der Waals surface area (Å²) >= 11 is 0. The summed E-state index contributed by atoms with van der Waals surface area (Å²) in [5.41, 5.74) is -3.70. The van der Waals surface area contributed by atoms with Crippen molar-refractivity contribution in [3.63, 3.8) is 0 Å². The van der Waals surface area contributed by atoms with E-state index in [9.17, 15) is 9.90 Å². The second-order valence-corrected chi connectivity index (χ2v) is 21.0. The lowest BCUT2D eigenvalue weighted by Gasteiger charge is -2.72. The summed E-state index contributed by atoms with van der Waals surface area (Å²) in [6.45, 7) is 26.1. The number of rotatable bonds is 46. The Bertz CT molecular complexity index is 964. The second kappa shape index (κ2) is 35.6. The first-order valence-electron chi connectivity index (χ1n) is 28.4. The molecular formula is C58H115FO2. The molecule has 0 heterocycles. The van der Waals surface area contributed by atoms with Crippen molar-refractivity contribution in [1.29, 1.82) is 0 Å². The predicted octanol–water partition coefficient (Wildman–Crippen LogP) is 21.2. The largest absolute Gasteiger partial charge is 0.479 e. The van der Waals surface area contributed by atoms with Crippen LogP contribution in [-0.4, -0.2) is 16.7 Å². The highest BCUT2D eigenvalue weighted by atomic mass is 19.1. The van der Waals surface area contributed by atoms with Gasteiger partial charge in [0.2, 0.25) is 5.67 Å². The first-order valence-corrected chi connectivity index (χ1v) is 28.4. The molecule has 0 saturated heterocycles. The number of carbonyl (C=O) groups is 1. The summed E-state index contributed by atoms with van der Waals surface area (Å²) in [5, 5.41) is 12.0. The molecule has 0 rings (SSSR count). The molecule has 0 radical (unpaired) electrons. The van der Waals surface area contributed by atoms with Gasteiger partial charge in [-0.3, -0.25) is 0 Å². The van der Waals surface area contributed by atoms with Crippen LogP contribution in [-0.2, 0) is 4.79 Å². The number of alkyl halides is 1. The van der Waals surface area contributed by atoms with Gasteiger partial charge in [-0.05, 0) is 86.4 Å². The maximum atomic E-state index is 20.1. The van der Waals surface area contributed by atoms with Gasteiger partial charge in [-0.1, -0.05) is 269 Å². The summed E-state index contributed by atoms with van der Waals surface area (Å²) in [5.74, 6) is -0.586. The Balaban J connectivity index is 9.88. The van der Waals surface area contributed by atoms with Crippen LogP contribution in [0.2, 0.25) is 0 Å². The van der Waals surface area contributed by atoms with Gasteiger partial charge in [-0.25, -0.2) is 9.18 Å². The van der Waals surface area contributed by atoms with Gasteiger partial charge in [-0.15, -0.1) is 0 Å². The van der Waals surface area contributed by atoms with Crippen LogP contribution in [0.4, 0.5) is 4.39 Å². The Kier molecular flexibility index (Phi) is 35.3. The van der Waals surface area contributed by atoms with Crippen LogP contribution in [0.5, 0.6) is 0 Å². The molecule has 61 heavy (non-hydrogen) atoms. The van der Waals surface area contributed by atoms with Crippen LogP contribution in [0.1, 0.15) is 333 Å². The fourth-order valence-corrected chi connectivity index (χ4v) is 13.7. The van der Waals surface area contributed by atoms with Gasteiger partial charge in [-0.2, -0.15) is 0 Å². The Labute approximate surface area is 385 Å². The number of halogens is 1. The Morgan fingerprint density at radius 2 is 0.607 bits per heavy atom. The molecule has 0 fully saturated rings. The molecule has 2 atom stereocenters. The standard InChI is InChI=1S/C58H115FO2/c1-12-22-32-42-52(11)54(43-33-23-13-2,44-34-24-14-3)55(45-35-25-15-4,46-36-26-16-5)56(47-37-27-17-6,48-38-28-18-7)57(49-39-29-19-8,50-40-30-20-9)58(59,53(60)61)51-41-31-21-10/h52H,12-51H2,1-11H3,(H,60,61). The first-order chi connectivity index (χ1) is 29.5. The summed E-state index contributed by atoms with van der Waals surface area (Å²) in [4.78, 5) is 14.7. The van der Waals surface area contributed by atoms with E-state index in [1.165, 1.54) is 116 Å². The Hall–Kier alpha value is -0.600. The Morgan fingerprint density at radius 3 is 0.902 bits per heavy atom. The highest BCUT2D eigenvalue weighted by Crippen LogP contribution is 2.77. The minimum Gasteiger partial charge on any atom is -0.479 e. The number of carboxylic acid groups (broad SMARTS) is 1. The lowest BCUT2D eigenvalue weighted by atomic mass is 9.32. The number of carboxylic acids is 1. The molecule has 0 aliphatic carbocycles. The summed E-state index contributed by atoms with van der Waals surface area (Å²) in [6, 6.07) is 0. The third-order valence-corrected chi connectivity index (χ3v) is 16.9. The van der Waals surface area contributed by atoms with Gasteiger partial charge in [0.05, 0.1) is 0 Å². The van der Waals surface area contributed by atoms with Crippen molar-refractivity contribution in [3.8, 4) is 0 Å². The smallest absolute Gasteiger partial charge is 0.342 e. The monoisotopic (exact) mass is 863 g/mol. The Morgan fingerprint density at radius 1 is 0.361 bits per heavy atom. The van der Waals surface area contributed by atoms with Crippen LogP contribution in [0.15, 0.2) is 0 Å². The molecule has 1 N–H and O–H groups in total. The summed E-state index contributed by atoms with van der Waals surface area (Å²) in [6.07, 6.45) is 43.7. The maximum Gasteiger partial charge on any atom is 0.342 e. The number of hydrogen-bond acceptors (Lipinski definition) is 1. The first kappa shape index (κ1) is 60.4. The van der Waals surface area contributed by atoms with Crippen molar-refractivity contribution in [3.05, 3.63) is 0 Å². The van der Waals surface area contributed by atoms with Crippen molar-refractivity contribution < 1.29 is 14.3 Å². The van der Waals surface area contributed by atoms with Crippen molar-refractivity contribution in [2.24, 2.45) is 27.6 Å². The van der Waals surface area contributed by atoms with Crippen LogP contribution >= 0.6 is 0 Å². The van der Waals surface area contributed by atoms with E-state index in [4.69, 9.17) is 0 Å². The molecule has 0 amide bonds. The predicted molar refractivity (Wildman–Crippen MR) is 272 cm³/mol. The van der Waals surface area contributed by atoms with E-state index < -0.39 is 22.5 Å². The van der Waals surface area contributed by atoms with Crippen molar-refractivity contribution in [1.82, 2.24) is 0 Å². The molecule has 366 valence electrons. The number of unbranched alkanes of at least 4 members (excludes halogenated alkanes) is 20. The molecule has 0 saturated carbocycles. The third kappa shape index (κ3) is 17.3. The normalized spacial score (nSPS) is 14.4.